The zero-order valence-corrected chi connectivity index (χ0v) is 19.4. The Morgan fingerprint density at radius 1 is 1.10 bits per heavy atom. The van der Waals surface area contributed by atoms with E-state index >= 15 is 0 Å². The predicted molar refractivity (Wildman–Crippen MR) is 127 cm³/mol. The number of carbonyl (C=O) groups excluding carboxylic acids is 1. The first kappa shape index (κ1) is 23.0. The Balaban J connectivity index is 2.23. The first-order valence-electron chi connectivity index (χ1n) is 10.9. The molecule has 3 rings (SSSR count). The number of para-hydroxylation sites is 2. The molecular formula is C25H30ClN3O2. The number of aromatic nitrogens is 2. The molecule has 0 fully saturated rings. The minimum atomic E-state index is -0.389. The lowest BCUT2D eigenvalue weighted by Gasteiger charge is -2.32. The normalized spacial score (nSPS) is 12.3. The molecule has 6 heteroatoms. The average Bonchev–Trinajstić information content (AvgIpc) is 2.76. The second-order valence-electron chi connectivity index (χ2n) is 8.30. The van der Waals surface area contributed by atoms with Crippen molar-refractivity contribution in [2.45, 2.75) is 53.0 Å². The van der Waals surface area contributed by atoms with E-state index in [1.807, 2.05) is 48.2 Å². The lowest BCUT2D eigenvalue weighted by Crippen LogP contribution is -2.39. The van der Waals surface area contributed by atoms with Crippen molar-refractivity contribution in [3.05, 3.63) is 69.7 Å². The summed E-state index contributed by atoms with van der Waals surface area (Å²) in [6, 6.07) is 14.1. The average molecular weight is 440 g/mol. The molecule has 0 aliphatic rings. The van der Waals surface area contributed by atoms with E-state index in [2.05, 4.69) is 20.8 Å². The van der Waals surface area contributed by atoms with Crippen molar-refractivity contribution in [3.8, 4) is 5.69 Å². The van der Waals surface area contributed by atoms with Crippen LogP contribution >= 0.6 is 11.6 Å². The van der Waals surface area contributed by atoms with E-state index in [1.54, 1.807) is 16.7 Å². The largest absolute Gasteiger partial charge is 0.333 e. The van der Waals surface area contributed by atoms with Crippen molar-refractivity contribution in [2.24, 2.45) is 5.92 Å². The Bertz CT molecular complexity index is 1120. The first-order chi connectivity index (χ1) is 14.8. The van der Waals surface area contributed by atoms with Crippen LogP contribution in [0.1, 0.15) is 58.8 Å². The van der Waals surface area contributed by atoms with Crippen LogP contribution < -0.4 is 5.56 Å². The first-order valence-corrected chi connectivity index (χ1v) is 11.3. The molecule has 1 heterocycles. The quantitative estimate of drug-likeness (QED) is 0.447. The van der Waals surface area contributed by atoms with Gasteiger partial charge in [-0.25, -0.2) is 4.98 Å². The van der Waals surface area contributed by atoms with Gasteiger partial charge < -0.3 is 4.90 Å². The van der Waals surface area contributed by atoms with E-state index in [0.717, 1.165) is 12.8 Å². The molecule has 31 heavy (non-hydrogen) atoms. The van der Waals surface area contributed by atoms with Gasteiger partial charge in [-0.2, -0.15) is 0 Å². The maximum atomic E-state index is 13.6. The van der Waals surface area contributed by atoms with Crippen molar-refractivity contribution in [2.75, 3.05) is 6.54 Å². The summed E-state index contributed by atoms with van der Waals surface area (Å²) in [6.45, 7) is 8.78. The van der Waals surface area contributed by atoms with E-state index in [1.165, 1.54) is 0 Å². The van der Waals surface area contributed by atoms with Crippen LogP contribution in [0.15, 0.2) is 53.3 Å². The molecule has 1 atom stereocenters. The molecule has 0 spiro atoms. The number of carbonyl (C=O) groups is 1. The molecule has 0 aliphatic carbocycles. The number of amides is 1. The number of benzene rings is 2. The molecule has 0 N–H and O–H groups in total. The molecule has 164 valence electrons. The van der Waals surface area contributed by atoms with E-state index in [-0.39, 0.29) is 23.4 Å². The van der Waals surface area contributed by atoms with Crippen LogP contribution in [0, 0.1) is 5.92 Å². The standard InChI is InChI=1S/C25H30ClN3O2/c1-5-6-15-23(30)28(16-17(2)3)18(4)24-27-21-13-9-7-11-19(21)25(31)29(24)22-14-10-8-12-20(22)26/h7-14,17-18H,5-6,15-16H2,1-4H3. The van der Waals surface area contributed by atoms with Crippen molar-refractivity contribution >= 4 is 28.4 Å². The minimum absolute atomic E-state index is 0.0798. The fraction of sp³-hybridized carbons (Fsp3) is 0.400. The van der Waals surface area contributed by atoms with E-state index < -0.39 is 0 Å². The Kier molecular flexibility index (Phi) is 7.50. The monoisotopic (exact) mass is 439 g/mol. The molecule has 0 aliphatic heterocycles. The fourth-order valence-corrected chi connectivity index (χ4v) is 4.00. The highest BCUT2D eigenvalue weighted by molar-refractivity contribution is 6.32. The number of fused-ring (bicyclic) bond motifs is 1. The summed E-state index contributed by atoms with van der Waals surface area (Å²) in [6.07, 6.45) is 2.27. The lowest BCUT2D eigenvalue weighted by molar-refractivity contribution is -0.134. The van der Waals surface area contributed by atoms with Crippen molar-refractivity contribution in [1.82, 2.24) is 14.5 Å². The zero-order valence-electron chi connectivity index (χ0n) is 18.6. The predicted octanol–water partition coefficient (Wildman–Crippen LogP) is 5.77. The SMILES string of the molecule is CCCCC(=O)N(CC(C)C)C(C)c1nc2ccccc2c(=O)n1-c1ccccc1Cl. The molecule has 1 unspecified atom stereocenters. The third-order valence-corrected chi connectivity index (χ3v) is 5.68. The second kappa shape index (κ2) is 10.1. The van der Waals surface area contributed by atoms with E-state index in [9.17, 15) is 9.59 Å². The van der Waals surface area contributed by atoms with Gasteiger partial charge in [0.2, 0.25) is 5.91 Å². The highest BCUT2D eigenvalue weighted by Gasteiger charge is 2.27. The number of nitrogens with zero attached hydrogens (tertiary/aromatic N) is 3. The number of unbranched alkanes of at least 4 members (excludes halogenated alkanes) is 1. The maximum absolute atomic E-state index is 13.6. The highest BCUT2D eigenvalue weighted by Crippen LogP contribution is 2.27. The number of hydrogen-bond donors (Lipinski definition) is 0. The van der Waals surface area contributed by atoms with Gasteiger partial charge in [-0.1, -0.05) is 63.1 Å². The van der Waals surface area contributed by atoms with Crippen molar-refractivity contribution in [1.29, 1.82) is 0 Å². The number of rotatable bonds is 8. The molecule has 1 amide bonds. The summed E-state index contributed by atoms with van der Waals surface area (Å²) in [5, 5.41) is 0.980. The Hall–Kier alpha value is -2.66. The molecule has 3 aromatic rings. The van der Waals surface area contributed by atoms with Gasteiger partial charge in [-0.15, -0.1) is 0 Å². The molecule has 0 saturated carbocycles. The second-order valence-corrected chi connectivity index (χ2v) is 8.71. The number of hydrogen-bond acceptors (Lipinski definition) is 3. The Morgan fingerprint density at radius 2 is 1.77 bits per heavy atom. The summed E-state index contributed by atoms with van der Waals surface area (Å²) >= 11 is 6.49. The van der Waals surface area contributed by atoms with Gasteiger partial charge in [0.1, 0.15) is 5.82 Å². The third-order valence-electron chi connectivity index (χ3n) is 5.36. The summed E-state index contributed by atoms with van der Waals surface area (Å²) < 4.78 is 1.57. The van der Waals surface area contributed by atoms with Crippen molar-refractivity contribution < 1.29 is 4.79 Å². The molecule has 5 nitrogen and oxygen atoms in total. The molecule has 0 saturated heterocycles. The van der Waals surface area contributed by atoms with E-state index in [4.69, 9.17) is 16.6 Å². The van der Waals surface area contributed by atoms with Gasteiger partial charge in [-0.3, -0.25) is 14.2 Å². The molecule has 0 bridgehead atoms. The summed E-state index contributed by atoms with van der Waals surface area (Å²) in [5.74, 6) is 0.882. The van der Waals surface area contributed by atoms with Crippen LogP contribution in [0.5, 0.6) is 0 Å². The van der Waals surface area contributed by atoms with Crippen LogP contribution in [-0.2, 0) is 4.79 Å². The van der Waals surface area contributed by atoms with Crippen LogP contribution in [0.2, 0.25) is 5.02 Å². The molecule has 2 aromatic carbocycles. The Labute approximate surface area is 188 Å². The van der Waals surface area contributed by atoms with Gasteiger partial charge >= 0.3 is 0 Å². The van der Waals surface area contributed by atoms with Crippen LogP contribution in [0.3, 0.4) is 0 Å². The summed E-state index contributed by atoms with van der Waals surface area (Å²) in [5.41, 5.74) is 0.994. The van der Waals surface area contributed by atoms with Gasteiger partial charge in [0, 0.05) is 13.0 Å². The summed E-state index contributed by atoms with van der Waals surface area (Å²) in [4.78, 5) is 33.4. The van der Waals surface area contributed by atoms with Gasteiger partial charge in [0.25, 0.3) is 5.56 Å². The minimum Gasteiger partial charge on any atom is -0.333 e. The third kappa shape index (κ3) is 4.99. The topological polar surface area (TPSA) is 55.2 Å². The Morgan fingerprint density at radius 3 is 2.45 bits per heavy atom. The molecule has 0 radical (unpaired) electrons. The van der Waals surface area contributed by atoms with Crippen LogP contribution in [0.4, 0.5) is 0 Å². The van der Waals surface area contributed by atoms with Gasteiger partial charge in [-0.05, 0) is 43.5 Å². The highest BCUT2D eigenvalue weighted by atomic mass is 35.5. The van der Waals surface area contributed by atoms with Gasteiger partial charge in [0.05, 0.1) is 27.7 Å². The maximum Gasteiger partial charge on any atom is 0.266 e. The van der Waals surface area contributed by atoms with Crippen LogP contribution in [-0.4, -0.2) is 26.9 Å². The summed E-state index contributed by atoms with van der Waals surface area (Å²) in [7, 11) is 0. The molecule has 1 aromatic heterocycles. The lowest BCUT2D eigenvalue weighted by atomic mass is 10.1. The molecular weight excluding hydrogens is 410 g/mol. The fourth-order valence-electron chi connectivity index (χ4n) is 3.78. The smallest absolute Gasteiger partial charge is 0.266 e. The zero-order chi connectivity index (χ0) is 22.5. The number of halogens is 1. The van der Waals surface area contributed by atoms with Gasteiger partial charge in [0.15, 0.2) is 0 Å². The van der Waals surface area contributed by atoms with E-state index in [0.29, 0.717) is 40.4 Å². The van der Waals surface area contributed by atoms with Crippen molar-refractivity contribution in [3.63, 3.8) is 0 Å². The van der Waals surface area contributed by atoms with Crippen LogP contribution in [0.25, 0.3) is 16.6 Å².